The average molecular weight is 277 g/mol. The van der Waals surface area contributed by atoms with Gasteiger partial charge in [-0.25, -0.2) is 0 Å². The van der Waals surface area contributed by atoms with E-state index in [0.29, 0.717) is 0 Å². The summed E-state index contributed by atoms with van der Waals surface area (Å²) in [5.41, 5.74) is 7.69. The first-order valence-corrected chi connectivity index (χ1v) is 7.80. The van der Waals surface area contributed by atoms with E-state index < -0.39 is 0 Å². The number of hydrogen-bond acceptors (Lipinski definition) is 2. The topological polar surface area (TPSA) is 35.2 Å². The van der Waals surface area contributed by atoms with E-state index in [2.05, 4.69) is 58.9 Å². The molecule has 2 N–H and O–H groups in total. The maximum absolute atomic E-state index is 5.92. The second-order valence-electron chi connectivity index (χ2n) is 6.78. The summed E-state index contributed by atoms with van der Waals surface area (Å²) >= 11 is 0. The van der Waals surface area contributed by atoms with Crippen molar-refractivity contribution in [3.8, 4) is 5.75 Å². The molecule has 2 heteroatoms. The van der Waals surface area contributed by atoms with E-state index in [9.17, 15) is 0 Å². The third-order valence-corrected chi connectivity index (χ3v) is 4.55. The highest BCUT2D eigenvalue weighted by Gasteiger charge is 2.24. The van der Waals surface area contributed by atoms with Gasteiger partial charge in [0.2, 0.25) is 0 Å². The Morgan fingerprint density at radius 3 is 1.95 bits per heavy atom. The highest BCUT2D eigenvalue weighted by atomic mass is 16.5. The smallest absolute Gasteiger partial charge is 0.119 e. The Morgan fingerprint density at radius 1 is 1.00 bits per heavy atom. The van der Waals surface area contributed by atoms with Crippen molar-refractivity contribution in [3.63, 3.8) is 0 Å². The Kier molecular flexibility index (Phi) is 6.07. The third-order valence-electron chi connectivity index (χ3n) is 4.55. The van der Waals surface area contributed by atoms with Crippen molar-refractivity contribution in [2.75, 3.05) is 13.2 Å². The fourth-order valence-corrected chi connectivity index (χ4v) is 2.43. The SMILES string of the molecule is CCC(CC)(CN)CCOc1ccc(C(C)(C)C)cc1. The first kappa shape index (κ1) is 17.0. The Balaban J connectivity index is 2.54. The molecule has 0 heterocycles. The quantitative estimate of drug-likeness (QED) is 0.795. The maximum Gasteiger partial charge on any atom is 0.119 e. The van der Waals surface area contributed by atoms with Crippen molar-refractivity contribution in [2.24, 2.45) is 11.1 Å². The lowest BCUT2D eigenvalue weighted by atomic mass is 9.80. The molecule has 114 valence electrons. The second-order valence-corrected chi connectivity index (χ2v) is 6.78. The van der Waals surface area contributed by atoms with E-state index in [1.165, 1.54) is 5.56 Å². The zero-order valence-electron chi connectivity index (χ0n) is 13.8. The lowest BCUT2D eigenvalue weighted by Crippen LogP contribution is -2.31. The minimum absolute atomic E-state index is 0.192. The standard InChI is InChI=1S/C18H31NO/c1-6-18(7-2,14-19)12-13-20-16-10-8-15(9-11-16)17(3,4)5/h8-11H,6-7,12-14,19H2,1-5H3. The van der Waals surface area contributed by atoms with Gasteiger partial charge in [-0.15, -0.1) is 0 Å². The van der Waals surface area contributed by atoms with Crippen molar-refractivity contribution < 1.29 is 4.74 Å². The third kappa shape index (κ3) is 4.52. The molecule has 2 nitrogen and oxygen atoms in total. The van der Waals surface area contributed by atoms with Crippen LogP contribution < -0.4 is 10.5 Å². The van der Waals surface area contributed by atoms with Crippen LogP contribution in [0, 0.1) is 5.41 Å². The molecule has 0 saturated heterocycles. The number of rotatable bonds is 7. The van der Waals surface area contributed by atoms with Gasteiger partial charge < -0.3 is 10.5 Å². The lowest BCUT2D eigenvalue weighted by Gasteiger charge is -2.30. The normalized spacial score (nSPS) is 12.5. The first-order valence-electron chi connectivity index (χ1n) is 7.80. The predicted molar refractivity (Wildman–Crippen MR) is 87.3 cm³/mol. The van der Waals surface area contributed by atoms with Gasteiger partial charge in [0.05, 0.1) is 6.61 Å². The molecule has 0 amide bonds. The number of nitrogens with two attached hydrogens (primary N) is 1. The van der Waals surface area contributed by atoms with Gasteiger partial charge in [0.15, 0.2) is 0 Å². The molecule has 0 unspecified atom stereocenters. The summed E-state index contributed by atoms with van der Waals surface area (Å²) in [6.45, 7) is 12.6. The molecule has 0 radical (unpaired) electrons. The molecule has 0 saturated carbocycles. The number of hydrogen-bond donors (Lipinski definition) is 1. The van der Waals surface area contributed by atoms with Gasteiger partial charge in [-0.3, -0.25) is 0 Å². The lowest BCUT2D eigenvalue weighted by molar-refractivity contribution is 0.187. The largest absolute Gasteiger partial charge is 0.494 e. The van der Waals surface area contributed by atoms with Crippen molar-refractivity contribution in [2.45, 2.75) is 59.3 Å². The summed E-state index contributed by atoms with van der Waals surface area (Å²) in [5.74, 6) is 0.955. The van der Waals surface area contributed by atoms with Crippen LogP contribution in [0.2, 0.25) is 0 Å². The Morgan fingerprint density at radius 2 is 1.55 bits per heavy atom. The van der Waals surface area contributed by atoms with Crippen molar-refractivity contribution in [1.29, 1.82) is 0 Å². The molecular weight excluding hydrogens is 246 g/mol. The van der Waals surface area contributed by atoms with Gasteiger partial charge in [-0.2, -0.15) is 0 Å². The summed E-state index contributed by atoms with van der Waals surface area (Å²) in [7, 11) is 0. The molecule has 20 heavy (non-hydrogen) atoms. The number of ether oxygens (including phenoxy) is 1. The van der Waals surface area contributed by atoms with E-state index >= 15 is 0 Å². The van der Waals surface area contributed by atoms with Crippen LogP contribution in [0.25, 0.3) is 0 Å². The molecule has 1 aromatic rings. The van der Waals surface area contributed by atoms with E-state index in [1.807, 2.05) is 0 Å². The second kappa shape index (κ2) is 7.12. The Bertz CT molecular complexity index is 377. The van der Waals surface area contributed by atoms with Gasteiger partial charge in [0, 0.05) is 0 Å². The van der Waals surface area contributed by atoms with Crippen LogP contribution in [0.5, 0.6) is 5.75 Å². The summed E-state index contributed by atoms with van der Waals surface area (Å²) in [6, 6.07) is 8.46. The summed E-state index contributed by atoms with van der Waals surface area (Å²) < 4.78 is 5.88. The van der Waals surface area contributed by atoms with Gasteiger partial charge in [0.25, 0.3) is 0 Å². The molecule has 1 rings (SSSR count). The minimum atomic E-state index is 0.192. The van der Waals surface area contributed by atoms with Gasteiger partial charge >= 0.3 is 0 Å². The van der Waals surface area contributed by atoms with Gasteiger partial charge in [-0.05, 0) is 54.3 Å². The van der Waals surface area contributed by atoms with E-state index in [0.717, 1.165) is 38.2 Å². The summed E-state index contributed by atoms with van der Waals surface area (Å²) in [6.07, 6.45) is 3.26. The van der Waals surface area contributed by atoms with Crippen LogP contribution in [-0.2, 0) is 5.41 Å². The molecule has 0 aliphatic rings. The van der Waals surface area contributed by atoms with Crippen LogP contribution in [0.1, 0.15) is 59.4 Å². The van der Waals surface area contributed by atoms with Crippen LogP contribution in [-0.4, -0.2) is 13.2 Å². The van der Waals surface area contributed by atoms with Crippen LogP contribution in [0.4, 0.5) is 0 Å². The molecule has 0 aliphatic carbocycles. The molecule has 0 fully saturated rings. The molecule has 0 aromatic heterocycles. The van der Waals surface area contributed by atoms with Crippen LogP contribution >= 0.6 is 0 Å². The molecule has 0 aliphatic heterocycles. The summed E-state index contributed by atoms with van der Waals surface area (Å²) in [5, 5.41) is 0. The van der Waals surface area contributed by atoms with Crippen molar-refractivity contribution in [1.82, 2.24) is 0 Å². The van der Waals surface area contributed by atoms with Crippen molar-refractivity contribution in [3.05, 3.63) is 29.8 Å². The van der Waals surface area contributed by atoms with Gasteiger partial charge in [-0.1, -0.05) is 46.8 Å². The molecule has 0 bridgehead atoms. The predicted octanol–water partition coefficient (Wildman–Crippen LogP) is 4.52. The fourth-order valence-electron chi connectivity index (χ4n) is 2.43. The number of benzene rings is 1. The summed E-state index contributed by atoms with van der Waals surface area (Å²) in [4.78, 5) is 0. The Hall–Kier alpha value is -1.02. The first-order chi connectivity index (χ1) is 9.37. The molecule has 0 spiro atoms. The zero-order valence-corrected chi connectivity index (χ0v) is 13.8. The minimum Gasteiger partial charge on any atom is -0.494 e. The fraction of sp³-hybridized carbons (Fsp3) is 0.667. The maximum atomic E-state index is 5.92. The Labute approximate surface area is 124 Å². The molecular formula is C18H31NO. The zero-order chi connectivity index (χ0) is 15.2. The monoisotopic (exact) mass is 277 g/mol. The molecule has 0 atom stereocenters. The highest BCUT2D eigenvalue weighted by Crippen LogP contribution is 2.29. The van der Waals surface area contributed by atoms with E-state index in [4.69, 9.17) is 10.5 Å². The molecule has 1 aromatic carbocycles. The van der Waals surface area contributed by atoms with Gasteiger partial charge in [0.1, 0.15) is 5.75 Å². The van der Waals surface area contributed by atoms with Crippen molar-refractivity contribution >= 4 is 0 Å². The highest BCUT2D eigenvalue weighted by molar-refractivity contribution is 5.31. The van der Waals surface area contributed by atoms with Crippen LogP contribution in [0.15, 0.2) is 24.3 Å². The average Bonchev–Trinajstić information content (AvgIpc) is 2.44. The van der Waals surface area contributed by atoms with Crippen LogP contribution in [0.3, 0.4) is 0 Å². The van der Waals surface area contributed by atoms with E-state index in [-0.39, 0.29) is 10.8 Å². The van der Waals surface area contributed by atoms with E-state index in [1.54, 1.807) is 0 Å².